The largest absolute Gasteiger partial charge is 0.348 e. The first-order valence-corrected chi connectivity index (χ1v) is 4.95. The highest BCUT2D eigenvalue weighted by molar-refractivity contribution is 7.81. The molecule has 0 aliphatic heterocycles. The first-order valence-electron chi connectivity index (χ1n) is 4.32. The fourth-order valence-electron chi connectivity index (χ4n) is 1.36. The lowest BCUT2D eigenvalue weighted by Crippen LogP contribution is -2.15. The monoisotopic (exact) mass is 223 g/mol. The highest BCUT2D eigenvalue weighted by Crippen LogP contribution is 2.18. The van der Waals surface area contributed by atoms with Crippen LogP contribution >= 0.6 is 12.6 Å². The molecule has 2 aromatic rings. The topological polar surface area (TPSA) is 77.8 Å². The van der Waals surface area contributed by atoms with Gasteiger partial charge in [-0.3, -0.25) is 9.59 Å². The van der Waals surface area contributed by atoms with Crippen LogP contribution in [0.4, 0.5) is 5.69 Å². The molecule has 5 nitrogen and oxygen atoms in total. The van der Waals surface area contributed by atoms with E-state index in [1.54, 1.807) is 12.3 Å². The van der Waals surface area contributed by atoms with Crippen molar-refractivity contribution in [3.8, 4) is 0 Å². The van der Waals surface area contributed by atoms with Crippen molar-refractivity contribution in [2.24, 2.45) is 0 Å². The number of aromatic nitrogens is 2. The van der Waals surface area contributed by atoms with E-state index < -0.39 is 0 Å². The second-order valence-corrected chi connectivity index (χ2v) is 3.34. The van der Waals surface area contributed by atoms with Crippen LogP contribution in [-0.4, -0.2) is 21.6 Å². The van der Waals surface area contributed by atoms with E-state index in [1.807, 2.05) is 0 Å². The van der Waals surface area contributed by atoms with Gasteiger partial charge in [0.15, 0.2) is 0 Å². The van der Waals surface area contributed by atoms with Crippen LogP contribution in [0.3, 0.4) is 0 Å². The smallest absolute Gasteiger partial charge is 0.251 e. The van der Waals surface area contributed by atoms with Gasteiger partial charge in [0.2, 0.25) is 5.91 Å². The number of H-pyrrole nitrogens is 2. The van der Waals surface area contributed by atoms with Gasteiger partial charge >= 0.3 is 0 Å². The van der Waals surface area contributed by atoms with Crippen molar-refractivity contribution in [2.45, 2.75) is 0 Å². The fraction of sp³-hybridized carbons (Fsp3) is 0.111. The zero-order valence-electron chi connectivity index (χ0n) is 7.70. The Morgan fingerprint density at radius 3 is 3.07 bits per heavy atom. The van der Waals surface area contributed by atoms with Gasteiger partial charge in [-0.2, -0.15) is 12.6 Å². The van der Waals surface area contributed by atoms with Gasteiger partial charge in [0.05, 0.1) is 11.4 Å². The minimum atomic E-state index is -0.264. The lowest BCUT2D eigenvalue weighted by molar-refractivity contribution is -0.113. The molecule has 0 radical (unpaired) electrons. The fourth-order valence-corrected chi connectivity index (χ4v) is 1.44. The van der Waals surface area contributed by atoms with Crippen LogP contribution in [0.2, 0.25) is 0 Å². The molecular weight excluding hydrogens is 214 g/mol. The zero-order chi connectivity index (χ0) is 10.8. The molecule has 0 saturated carbocycles. The summed E-state index contributed by atoms with van der Waals surface area (Å²) in [6.07, 6.45) is 1.69. The Labute approximate surface area is 90.3 Å². The number of carbonyl (C=O) groups excluding carboxylic acids is 1. The minimum absolute atomic E-state index is 0.0821. The summed E-state index contributed by atoms with van der Waals surface area (Å²) in [6, 6.07) is 3.12. The van der Waals surface area contributed by atoms with E-state index in [0.717, 1.165) is 5.39 Å². The molecule has 1 amide bonds. The third kappa shape index (κ3) is 1.89. The van der Waals surface area contributed by atoms with Crippen LogP contribution in [0.15, 0.2) is 23.1 Å². The predicted molar refractivity (Wildman–Crippen MR) is 61.4 cm³/mol. The van der Waals surface area contributed by atoms with Crippen molar-refractivity contribution in [1.29, 1.82) is 0 Å². The maximum atomic E-state index is 11.2. The summed E-state index contributed by atoms with van der Waals surface area (Å²) in [5, 5.41) is 3.37. The first kappa shape index (κ1) is 9.85. The third-order valence-electron chi connectivity index (χ3n) is 1.98. The van der Waals surface area contributed by atoms with Crippen molar-refractivity contribution < 1.29 is 4.79 Å². The van der Waals surface area contributed by atoms with E-state index in [1.165, 1.54) is 6.07 Å². The maximum absolute atomic E-state index is 11.2. The van der Waals surface area contributed by atoms with Crippen molar-refractivity contribution >= 4 is 35.3 Å². The molecule has 0 aliphatic carbocycles. The molecule has 0 aromatic carbocycles. The van der Waals surface area contributed by atoms with E-state index in [9.17, 15) is 9.59 Å². The molecule has 2 aromatic heterocycles. The van der Waals surface area contributed by atoms with Crippen LogP contribution in [0, 0.1) is 0 Å². The van der Waals surface area contributed by atoms with E-state index in [-0.39, 0.29) is 17.2 Å². The molecule has 0 aliphatic rings. The number of hydrogen-bond donors (Lipinski definition) is 4. The molecule has 0 atom stereocenters. The second kappa shape index (κ2) is 3.82. The summed E-state index contributed by atoms with van der Waals surface area (Å²) in [7, 11) is 0. The van der Waals surface area contributed by atoms with Gasteiger partial charge in [-0.1, -0.05) is 0 Å². The SMILES string of the molecule is O=C(CS)Nc1cc(=O)[nH]c2[nH]ccc12. The van der Waals surface area contributed by atoms with Crippen molar-refractivity contribution in [3.05, 3.63) is 28.7 Å². The van der Waals surface area contributed by atoms with E-state index in [0.29, 0.717) is 11.3 Å². The number of thiol groups is 1. The molecule has 15 heavy (non-hydrogen) atoms. The second-order valence-electron chi connectivity index (χ2n) is 3.02. The standard InChI is InChI=1S/C9H9N3O2S/c13-7-3-6(11-8(14)4-15)5-1-2-10-9(5)12-7/h1-3,15H,4H2,(H3,10,11,12,13,14). The Morgan fingerprint density at radius 2 is 2.33 bits per heavy atom. The summed E-state index contributed by atoms with van der Waals surface area (Å²) >= 11 is 3.85. The maximum Gasteiger partial charge on any atom is 0.251 e. The first-order chi connectivity index (χ1) is 7.20. The highest BCUT2D eigenvalue weighted by Gasteiger charge is 2.06. The number of anilines is 1. The van der Waals surface area contributed by atoms with Crippen molar-refractivity contribution in [2.75, 3.05) is 11.1 Å². The van der Waals surface area contributed by atoms with Gasteiger partial charge in [-0.15, -0.1) is 0 Å². The molecule has 2 rings (SSSR count). The van der Waals surface area contributed by atoms with Gasteiger partial charge in [0.1, 0.15) is 5.65 Å². The Bertz CT molecular complexity index is 558. The predicted octanol–water partition coefficient (Wildman–Crippen LogP) is 0.725. The van der Waals surface area contributed by atoms with Crippen LogP contribution in [0.25, 0.3) is 11.0 Å². The van der Waals surface area contributed by atoms with Gasteiger partial charge in [-0.05, 0) is 6.07 Å². The normalized spacial score (nSPS) is 10.5. The molecule has 78 valence electrons. The summed E-state index contributed by atoms with van der Waals surface area (Å²) in [4.78, 5) is 27.9. The average molecular weight is 223 g/mol. The van der Waals surface area contributed by atoms with Gasteiger partial charge < -0.3 is 15.3 Å². The third-order valence-corrected chi connectivity index (χ3v) is 2.27. The van der Waals surface area contributed by atoms with Crippen LogP contribution in [0.5, 0.6) is 0 Å². The quantitative estimate of drug-likeness (QED) is 0.566. The molecule has 0 bridgehead atoms. The van der Waals surface area contributed by atoms with Gasteiger partial charge in [0.25, 0.3) is 5.56 Å². The number of fused-ring (bicyclic) bond motifs is 1. The van der Waals surface area contributed by atoms with Crippen molar-refractivity contribution in [3.63, 3.8) is 0 Å². The van der Waals surface area contributed by atoms with Crippen LogP contribution in [-0.2, 0) is 4.79 Å². The molecule has 0 fully saturated rings. The van der Waals surface area contributed by atoms with E-state index >= 15 is 0 Å². The Morgan fingerprint density at radius 1 is 1.53 bits per heavy atom. The molecule has 0 spiro atoms. The number of carbonyl (C=O) groups is 1. The number of rotatable bonds is 2. The summed E-state index contributed by atoms with van der Waals surface area (Å²) in [5.74, 6) is -0.162. The lowest BCUT2D eigenvalue weighted by Gasteiger charge is -2.03. The minimum Gasteiger partial charge on any atom is -0.348 e. The number of hydrogen-bond acceptors (Lipinski definition) is 3. The van der Waals surface area contributed by atoms with E-state index in [4.69, 9.17) is 0 Å². The summed E-state index contributed by atoms with van der Waals surface area (Å²) < 4.78 is 0. The Hall–Kier alpha value is -1.69. The summed E-state index contributed by atoms with van der Waals surface area (Å²) in [5.41, 5.74) is 0.824. The molecule has 6 heteroatoms. The molecular formula is C9H9N3O2S. The molecule has 0 saturated heterocycles. The number of amides is 1. The Kier molecular flexibility index (Phi) is 2.51. The average Bonchev–Trinajstić information content (AvgIpc) is 2.65. The molecule has 2 heterocycles. The lowest BCUT2D eigenvalue weighted by atomic mass is 10.3. The molecule has 0 unspecified atom stereocenters. The van der Waals surface area contributed by atoms with Gasteiger partial charge in [0, 0.05) is 17.6 Å². The summed E-state index contributed by atoms with van der Waals surface area (Å²) in [6.45, 7) is 0. The van der Waals surface area contributed by atoms with Crippen LogP contribution in [0.1, 0.15) is 0 Å². The number of pyridine rings is 1. The number of aromatic amines is 2. The van der Waals surface area contributed by atoms with Crippen molar-refractivity contribution in [1.82, 2.24) is 9.97 Å². The molecule has 3 N–H and O–H groups in total. The number of nitrogens with one attached hydrogen (secondary N) is 3. The zero-order valence-corrected chi connectivity index (χ0v) is 8.60. The van der Waals surface area contributed by atoms with Crippen LogP contribution < -0.4 is 10.9 Å². The van der Waals surface area contributed by atoms with Gasteiger partial charge in [-0.25, -0.2) is 0 Å². The Balaban J connectivity index is 2.53. The highest BCUT2D eigenvalue weighted by atomic mass is 32.1. The van der Waals surface area contributed by atoms with E-state index in [2.05, 4.69) is 27.9 Å².